The first-order valence-corrected chi connectivity index (χ1v) is 3.41. The molecule has 1 heterocycles. The number of hydrazine groups is 1. The summed E-state index contributed by atoms with van der Waals surface area (Å²) in [6.45, 7) is 0. The molecule has 11 heavy (non-hydrogen) atoms. The topological polar surface area (TPSA) is 98.5 Å². The van der Waals surface area contributed by atoms with Crippen LogP contribution in [0.5, 0.6) is 0 Å². The lowest BCUT2D eigenvalue weighted by atomic mass is 10.4. The molecule has 0 spiro atoms. The molecule has 54 valence electrons. The van der Waals surface area contributed by atoms with E-state index in [4.69, 9.17) is 16.4 Å². The maximum atomic E-state index is 8.46. The maximum absolute atomic E-state index is 8.46. The first-order valence-electron chi connectivity index (χ1n) is 2.59. The molecule has 0 aliphatic heterocycles. The van der Waals surface area contributed by atoms with Gasteiger partial charge in [0.25, 0.3) is 0 Å². The Balaban J connectivity index is 3.18. The van der Waals surface area contributed by atoms with Crippen molar-refractivity contribution in [1.82, 2.24) is 4.98 Å². The van der Waals surface area contributed by atoms with Crippen molar-refractivity contribution >= 4 is 16.5 Å². The quantitative estimate of drug-likeness (QED) is 0.456. The SMILES string of the molecule is N#Cc1nc(NN)sc1C#N. The van der Waals surface area contributed by atoms with E-state index < -0.39 is 0 Å². The number of nitrogen functional groups attached to an aromatic ring is 1. The highest BCUT2D eigenvalue weighted by atomic mass is 32.1. The molecule has 6 heteroatoms. The second kappa shape index (κ2) is 2.97. The zero-order chi connectivity index (χ0) is 8.27. The van der Waals surface area contributed by atoms with Crippen LogP contribution in [0, 0.1) is 22.7 Å². The second-order valence-electron chi connectivity index (χ2n) is 1.56. The van der Waals surface area contributed by atoms with Crippen LogP contribution in [0.2, 0.25) is 0 Å². The Bertz CT molecular complexity index is 309. The highest BCUT2D eigenvalue weighted by molar-refractivity contribution is 7.16. The van der Waals surface area contributed by atoms with Crippen LogP contribution in [0.15, 0.2) is 0 Å². The van der Waals surface area contributed by atoms with Gasteiger partial charge in [0.2, 0.25) is 0 Å². The summed E-state index contributed by atoms with van der Waals surface area (Å²) in [6, 6.07) is 3.62. The van der Waals surface area contributed by atoms with Gasteiger partial charge in [-0.05, 0) is 0 Å². The van der Waals surface area contributed by atoms with E-state index in [-0.39, 0.29) is 10.6 Å². The van der Waals surface area contributed by atoms with E-state index in [1.807, 2.05) is 6.07 Å². The molecule has 0 atom stereocenters. The smallest absolute Gasteiger partial charge is 0.199 e. The van der Waals surface area contributed by atoms with Crippen LogP contribution < -0.4 is 11.3 Å². The Kier molecular flexibility index (Phi) is 2.02. The molecule has 0 aromatic carbocycles. The van der Waals surface area contributed by atoms with E-state index in [0.29, 0.717) is 5.13 Å². The molecule has 1 rings (SSSR count). The van der Waals surface area contributed by atoms with Gasteiger partial charge in [-0.15, -0.1) is 0 Å². The zero-order valence-corrected chi connectivity index (χ0v) is 6.14. The lowest BCUT2D eigenvalue weighted by Gasteiger charge is -1.84. The third-order valence-corrected chi connectivity index (χ3v) is 1.85. The number of hydrogen-bond acceptors (Lipinski definition) is 6. The summed E-state index contributed by atoms with van der Waals surface area (Å²) in [4.78, 5) is 4.00. The van der Waals surface area contributed by atoms with Crippen LogP contribution >= 0.6 is 11.3 Å². The Labute approximate surface area is 66.7 Å². The summed E-state index contributed by atoms with van der Waals surface area (Å²) in [5, 5.41) is 17.3. The molecular formula is C5H3N5S. The third kappa shape index (κ3) is 1.27. The first kappa shape index (κ1) is 7.48. The maximum Gasteiger partial charge on any atom is 0.199 e. The number of hydrogen-bond donors (Lipinski definition) is 2. The number of nitrogens with one attached hydrogen (secondary N) is 1. The number of nitrogens with zero attached hydrogens (tertiary/aromatic N) is 3. The minimum Gasteiger partial charge on any atom is -0.300 e. The van der Waals surface area contributed by atoms with Crippen LogP contribution in [0.4, 0.5) is 5.13 Å². The number of anilines is 1. The van der Waals surface area contributed by atoms with Crippen LogP contribution in [-0.4, -0.2) is 4.98 Å². The number of rotatable bonds is 1. The average Bonchev–Trinajstić information content (AvgIpc) is 2.46. The molecule has 3 N–H and O–H groups in total. The molecule has 0 aliphatic carbocycles. The highest BCUT2D eigenvalue weighted by Gasteiger charge is 2.08. The van der Waals surface area contributed by atoms with Crippen LogP contribution in [-0.2, 0) is 0 Å². The van der Waals surface area contributed by atoms with E-state index in [1.54, 1.807) is 6.07 Å². The van der Waals surface area contributed by atoms with Gasteiger partial charge >= 0.3 is 0 Å². The summed E-state index contributed by atoms with van der Waals surface area (Å²) in [6.07, 6.45) is 0. The summed E-state index contributed by atoms with van der Waals surface area (Å²) >= 11 is 1.05. The van der Waals surface area contributed by atoms with E-state index >= 15 is 0 Å². The summed E-state index contributed by atoms with van der Waals surface area (Å²) in [5.74, 6) is 5.02. The van der Waals surface area contributed by atoms with Gasteiger partial charge in [0.05, 0.1) is 0 Å². The van der Waals surface area contributed by atoms with Crippen LogP contribution in [0.1, 0.15) is 10.6 Å². The summed E-state index contributed by atoms with van der Waals surface area (Å²) < 4.78 is 0. The standard InChI is InChI=1S/C5H3N5S/c6-1-3-4(2-7)11-5(9-3)10-8/h8H2,(H,9,10). The molecule has 1 aromatic heterocycles. The van der Waals surface area contributed by atoms with Crippen molar-refractivity contribution in [3.8, 4) is 12.1 Å². The number of nitriles is 2. The fraction of sp³-hybridized carbons (Fsp3) is 0. The van der Waals surface area contributed by atoms with Crippen LogP contribution in [0.25, 0.3) is 0 Å². The van der Waals surface area contributed by atoms with Crippen molar-refractivity contribution in [2.75, 3.05) is 5.43 Å². The molecule has 0 saturated carbocycles. The van der Waals surface area contributed by atoms with Crippen molar-refractivity contribution < 1.29 is 0 Å². The van der Waals surface area contributed by atoms with Gasteiger partial charge in [0.15, 0.2) is 10.8 Å². The predicted molar refractivity (Wildman–Crippen MR) is 39.4 cm³/mol. The minimum absolute atomic E-state index is 0.116. The third-order valence-electron chi connectivity index (χ3n) is 0.958. The molecule has 0 unspecified atom stereocenters. The number of thiazole rings is 1. The molecule has 0 radical (unpaired) electrons. The molecule has 0 bridgehead atoms. The molecule has 1 aromatic rings. The molecular weight excluding hydrogens is 162 g/mol. The molecule has 0 fully saturated rings. The molecule has 0 amide bonds. The van der Waals surface area contributed by atoms with Gasteiger partial charge in [0.1, 0.15) is 17.0 Å². The van der Waals surface area contributed by atoms with E-state index in [1.165, 1.54) is 0 Å². The van der Waals surface area contributed by atoms with E-state index in [0.717, 1.165) is 11.3 Å². The number of aromatic nitrogens is 1. The molecule has 0 aliphatic rings. The Hall–Kier alpha value is -1.63. The van der Waals surface area contributed by atoms with Crippen molar-refractivity contribution in [3.63, 3.8) is 0 Å². The lowest BCUT2D eigenvalue weighted by molar-refractivity contribution is 1.25. The van der Waals surface area contributed by atoms with Crippen molar-refractivity contribution in [2.24, 2.45) is 5.84 Å². The normalized spacial score (nSPS) is 8.27. The first-order chi connectivity index (χ1) is 5.31. The lowest BCUT2D eigenvalue weighted by Crippen LogP contribution is -2.05. The minimum atomic E-state index is 0.116. The highest BCUT2D eigenvalue weighted by Crippen LogP contribution is 2.19. The van der Waals surface area contributed by atoms with Gasteiger partial charge in [-0.1, -0.05) is 11.3 Å². The fourth-order valence-electron chi connectivity index (χ4n) is 0.533. The Morgan fingerprint density at radius 1 is 1.45 bits per heavy atom. The van der Waals surface area contributed by atoms with Gasteiger partial charge in [-0.2, -0.15) is 10.5 Å². The number of nitrogens with two attached hydrogens (primary N) is 1. The fourth-order valence-corrected chi connectivity index (χ4v) is 1.16. The van der Waals surface area contributed by atoms with Crippen molar-refractivity contribution in [1.29, 1.82) is 10.5 Å². The Morgan fingerprint density at radius 2 is 2.18 bits per heavy atom. The largest absolute Gasteiger partial charge is 0.300 e. The molecule has 5 nitrogen and oxygen atoms in total. The molecule has 0 saturated heterocycles. The van der Waals surface area contributed by atoms with E-state index in [9.17, 15) is 0 Å². The zero-order valence-electron chi connectivity index (χ0n) is 5.33. The summed E-state index contributed by atoms with van der Waals surface area (Å²) in [7, 11) is 0. The van der Waals surface area contributed by atoms with Crippen LogP contribution in [0.3, 0.4) is 0 Å². The monoisotopic (exact) mass is 165 g/mol. The van der Waals surface area contributed by atoms with Crippen molar-refractivity contribution in [3.05, 3.63) is 10.6 Å². The van der Waals surface area contributed by atoms with Gasteiger partial charge < -0.3 is 0 Å². The van der Waals surface area contributed by atoms with Crippen molar-refractivity contribution in [2.45, 2.75) is 0 Å². The average molecular weight is 165 g/mol. The predicted octanol–water partition coefficient (Wildman–Crippen LogP) is 0.172. The summed E-state index contributed by atoms with van der Waals surface area (Å²) in [5.41, 5.74) is 2.38. The van der Waals surface area contributed by atoms with Gasteiger partial charge in [0, 0.05) is 0 Å². The van der Waals surface area contributed by atoms with Gasteiger partial charge in [-0.3, -0.25) is 5.43 Å². The van der Waals surface area contributed by atoms with E-state index in [2.05, 4.69) is 10.4 Å². The second-order valence-corrected chi connectivity index (χ2v) is 2.56. The Morgan fingerprint density at radius 3 is 2.55 bits per heavy atom. The van der Waals surface area contributed by atoms with Gasteiger partial charge in [-0.25, -0.2) is 10.8 Å².